The normalized spacial score (nSPS) is 15.2. The van der Waals surface area contributed by atoms with Gasteiger partial charge in [-0.1, -0.05) is 15.9 Å². The van der Waals surface area contributed by atoms with Crippen molar-refractivity contribution < 1.29 is 24.0 Å². The molecule has 6 nitrogen and oxygen atoms in total. The lowest BCUT2D eigenvalue weighted by molar-refractivity contribution is -0.197. The van der Waals surface area contributed by atoms with Gasteiger partial charge in [0.25, 0.3) is 11.8 Å². The van der Waals surface area contributed by atoms with Crippen LogP contribution < -0.4 is 0 Å². The minimum atomic E-state index is -0.670. The predicted molar refractivity (Wildman–Crippen MR) is 59.8 cm³/mol. The van der Waals surface area contributed by atoms with E-state index in [1.165, 1.54) is 0 Å². The minimum Gasteiger partial charge on any atom is -0.330 e. The van der Waals surface area contributed by atoms with E-state index in [1.54, 1.807) is 0 Å². The molecule has 0 aromatic heterocycles. The van der Waals surface area contributed by atoms with Crippen molar-refractivity contribution in [2.45, 2.75) is 32.1 Å². The number of carbonyl (C=O) groups excluding carboxylic acids is 4. The van der Waals surface area contributed by atoms with Gasteiger partial charge in [-0.3, -0.25) is 14.4 Å². The van der Waals surface area contributed by atoms with E-state index in [0.29, 0.717) is 11.5 Å². The monoisotopic (exact) mass is 305 g/mol. The number of hydrogen-bond donors (Lipinski definition) is 0. The van der Waals surface area contributed by atoms with Crippen LogP contribution in [0.4, 0.5) is 0 Å². The molecular weight excluding hydrogens is 294 g/mol. The Labute approximate surface area is 106 Å². The van der Waals surface area contributed by atoms with Crippen LogP contribution in [0.25, 0.3) is 0 Å². The van der Waals surface area contributed by atoms with Crippen molar-refractivity contribution in [3.8, 4) is 0 Å². The summed E-state index contributed by atoms with van der Waals surface area (Å²) in [4.78, 5) is 49.0. The summed E-state index contributed by atoms with van der Waals surface area (Å²) in [6.45, 7) is 0. The van der Waals surface area contributed by atoms with E-state index in [-0.39, 0.29) is 36.8 Å². The fourth-order valence-electron chi connectivity index (χ4n) is 1.30. The zero-order valence-corrected chi connectivity index (χ0v) is 10.7. The molecular formula is C10H12BrNO5. The number of amides is 2. The molecule has 17 heavy (non-hydrogen) atoms. The lowest BCUT2D eigenvalue weighted by Gasteiger charge is -2.12. The summed E-state index contributed by atoms with van der Waals surface area (Å²) in [6, 6.07) is 0. The van der Waals surface area contributed by atoms with Gasteiger partial charge >= 0.3 is 5.97 Å². The number of carbonyl (C=O) groups is 4. The SMILES string of the molecule is O=C(CBr)CCCC(=O)ON1C(=O)CCC1=O. The molecule has 0 spiro atoms. The third-order valence-electron chi connectivity index (χ3n) is 2.18. The molecule has 94 valence electrons. The third-order valence-corrected chi connectivity index (χ3v) is 2.81. The molecule has 0 aromatic rings. The zero-order valence-electron chi connectivity index (χ0n) is 9.11. The number of rotatable bonds is 6. The van der Waals surface area contributed by atoms with Gasteiger partial charge < -0.3 is 4.84 Å². The van der Waals surface area contributed by atoms with E-state index in [9.17, 15) is 19.2 Å². The van der Waals surface area contributed by atoms with Crippen LogP contribution in [-0.4, -0.2) is 34.0 Å². The van der Waals surface area contributed by atoms with Gasteiger partial charge in [0.15, 0.2) is 0 Å². The summed E-state index contributed by atoms with van der Waals surface area (Å²) in [5.41, 5.74) is 0. The average Bonchev–Trinajstić information content (AvgIpc) is 2.60. The van der Waals surface area contributed by atoms with Gasteiger partial charge in [0, 0.05) is 25.7 Å². The molecule has 1 fully saturated rings. The van der Waals surface area contributed by atoms with E-state index < -0.39 is 17.8 Å². The highest BCUT2D eigenvalue weighted by Crippen LogP contribution is 2.13. The maximum Gasteiger partial charge on any atom is 0.333 e. The van der Waals surface area contributed by atoms with Gasteiger partial charge in [0.1, 0.15) is 5.78 Å². The largest absolute Gasteiger partial charge is 0.333 e. The van der Waals surface area contributed by atoms with Gasteiger partial charge in [-0.05, 0) is 6.42 Å². The third kappa shape index (κ3) is 4.26. The standard InChI is InChI=1S/C10H12BrNO5/c11-6-7(13)2-1-3-10(16)17-12-8(14)4-5-9(12)15/h1-6H2. The van der Waals surface area contributed by atoms with Gasteiger partial charge in [-0.25, -0.2) is 4.79 Å². The molecule has 1 aliphatic rings. The van der Waals surface area contributed by atoms with Crippen molar-refractivity contribution in [1.29, 1.82) is 0 Å². The van der Waals surface area contributed by atoms with Crippen molar-refractivity contribution in [2.24, 2.45) is 0 Å². The van der Waals surface area contributed by atoms with Crippen molar-refractivity contribution in [3.05, 3.63) is 0 Å². The summed E-state index contributed by atoms with van der Waals surface area (Å²) >= 11 is 3.01. The van der Waals surface area contributed by atoms with Crippen LogP contribution in [0.3, 0.4) is 0 Å². The molecule has 0 N–H and O–H groups in total. The first kappa shape index (κ1) is 13.8. The van der Waals surface area contributed by atoms with Gasteiger partial charge in [-0.15, -0.1) is 5.06 Å². The van der Waals surface area contributed by atoms with Crippen molar-refractivity contribution in [2.75, 3.05) is 5.33 Å². The lowest BCUT2D eigenvalue weighted by Crippen LogP contribution is -2.32. The van der Waals surface area contributed by atoms with E-state index >= 15 is 0 Å². The molecule has 2 amide bonds. The zero-order chi connectivity index (χ0) is 12.8. The number of Topliss-reactive ketones (excluding diaryl/α,β-unsaturated/α-hetero) is 1. The molecule has 1 aliphatic heterocycles. The molecule has 0 aromatic carbocycles. The van der Waals surface area contributed by atoms with E-state index in [2.05, 4.69) is 20.8 Å². The smallest absolute Gasteiger partial charge is 0.330 e. The molecule has 0 saturated carbocycles. The Bertz CT molecular complexity index is 339. The number of alkyl halides is 1. The number of imide groups is 1. The number of nitrogens with zero attached hydrogens (tertiary/aromatic N) is 1. The Morgan fingerprint density at radius 3 is 2.29 bits per heavy atom. The predicted octanol–water partition coefficient (Wildman–Crippen LogP) is 0.728. The summed E-state index contributed by atoms with van der Waals surface area (Å²) in [6.07, 6.45) is 0.778. The summed E-state index contributed by atoms with van der Waals surface area (Å²) in [5.74, 6) is -1.68. The van der Waals surface area contributed by atoms with Crippen molar-refractivity contribution in [1.82, 2.24) is 5.06 Å². The van der Waals surface area contributed by atoms with Gasteiger partial charge in [0.05, 0.1) is 5.33 Å². The Morgan fingerprint density at radius 1 is 1.18 bits per heavy atom. The summed E-state index contributed by atoms with van der Waals surface area (Å²) in [7, 11) is 0. The van der Waals surface area contributed by atoms with Crippen LogP contribution in [0, 0.1) is 0 Å². The van der Waals surface area contributed by atoms with E-state index in [0.717, 1.165) is 0 Å². The first-order valence-electron chi connectivity index (χ1n) is 5.19. The Morgan fingerprint density at radius 2 is 1.76 bits per heavy atom. The first-order chi connectivity index (χ1) is 8.04. The quantitative estimate of drug-likeness (QED) is 0.534. The number of ketones is 1. The molecule has 0 bridgehead atoms. The van der Waals surface area contributed by atoms with Gasteiger partial charge in [0.2, 0.25) is 0 Å². The molecule has 0 aliphatic carbocycles. The van der Waals surface area contributed by atoms with Crippen LogP contribution in [0.1, 0.15) is 32.1 Å². The van der Waals surface area contributed by atoms with Crippen LogP contribution >= 0.6 is 15.9 Å². The topological polar surface area (TPSA) is 80.8 Å². The van der Waals surface area contributed by atoms with Gasteiger partial charge in [-0.2, -0.15) is 0 Å². The van der Waals surface area contributed by atoms with Crippen LogP contribution in [0.5, 0.6) is 0 Å². The second kappa shape index (κ2) is 6.48. The van der Waals surface area contributed by atoms with E-state index in [4.69, 9.17) is 0 Å². The number of hydrogen-bond acceptors (Lipinski definition) is 5. The molecule has 0 radical (unpaired) electrons. The fourth-order valence-corrected chi connectivity index (χ4v) is 1.58. The second-order valence-electron chi connectivity index (χ2n) is 3.57. The summed E-state index contributed by atoms with van der Waals surface area (Å²) in [5, 5.41) is 0.764. The van der Waals surface area contributed by atoms with Crippen LogP contribution in [0.2, 0.25) is 0 Å². The number of halogens is 1. The first-order valence-corrected chi connectivity index (χ1v) is 6.31. The Hall–Kier alpha value is -1.24. The van der Waals surface area contributed by atoms with Crippen LogP contribution in [-0.2, 0) is 24.0 Å². The summed E-state index contributed by atoms with van der Waals surface area (Å²) < 4.78 is 0. The lowest BCUT2D eigenvalue weighted by atomic mass is 10.2. The molecule has 1 heterocycles. The number of hydroxylamine groups is 2. The second-order valence-corrected chi connectivity index (χ2v) is 4.13. The van der Waals surface area contributed by atoms with Crippen molar-refractivity contribution >= 4 is 39.5 Å². The maximum absolute atomic E-state index is 11.3. The Kier molecular flexibility index (Phi) is 5.27. The van der Waals surface area contributed by atoms with Crippen LogP contribution in [0.15, 0.2) is 0 Å². The maximum atomic E-state index is 11.3. The molecule has 1 rings (SSSR count). The molecule has 0 atom stereocenters. The Balaban J connectivity index is 2.27. The molecule has 0 unspecified atom stereocenters. The molecule has 1 saturated heterocycles. The fraction of sp³-hybridized carbons (Fsp3) is 0.600. The highest BCUT2D eigenvalue weighted by molar-refractivity contribution is 9.09. The van der Waals surface area contributed by atoms with E-state index in [1.807, 2.05) is 0 Å². The molecule has 7 heteroatoms. The highest BCUT2D eigenvalue weighted by Gasteiger charge is 2.32. The highest BCUT2D eigenvalue weighted by atomic mass is 79.9. The minimum absolute atomic E-state index is 0.00822. The average molecular weight is 306 g/mol. The van der Waals surface area contributed by atoms with Crippen molar-refractivity contribution in [3.63, 3.8) is 0 Å².